The Bertz CT molecular complexity index is 621. The summed E-state index contributed by atoms with van der Waals surface area (Å²) in [6.07, 6.45) is -12.6. The largest absolute Gasteiger partial charge is 0.435 e. The van der Waals surface area contributed by atoms with Crippen LogP contribution in [0.25, 0.3) is 0 Å². The van der Waals surface area contributed by atoms with E-state index < -0.39 is 34.8 Å². The van der Waals surface area contributed by atoms with Crippen molar-refractivity contribution >= 4 is 23.1 Å². The van der Waals surface area contributed by atoms with E-state index in [4.69, 9.17) is 5.26 Å². The second kappa shape index (κ2) is 5.42. The normalized spacial score (nSPS) is 12.5. The predicted molar refractivity (Wildman–Crippen MR) is 60.7 cm³/mol. The zero-order valence-electron chi connectivity index (χ0n) is 9.68. The summed E-state index contributed by atoms with van der Waals surface area (Å²) in [6, 6.07) is 2.75. The molecule has 0 bridgehead atoms. The standard InChI is InChI=1S/C11H3F7N2S/c12-9(10(13,14)15,11(16,17)18)8-3-7(20-5-21)2-1-6(8)4-19/h1-3H. The van der Waals surface area contributed by atoms with Crippen LogP contribution in [0.15, 0.2) is 23.2 Å². The van der Waals surface area contributed by atoms with Crippen LogP contribution in [0, 0.1) is 11.3 Å². The maximum Gasteiger partial charge on any atom is 0.435 e. The quantitative estimate of drug-likeness (QED) is 0.452. The van der Waals surface area contributed by atoms with Crippen molar-refractivity contribution < 1.29 is 30.7 Å². The van der Waals surface area contributed by atoms with E-state index in [-0.39, 0.29) is 6.07 Å². The van der Waals surface area contributed by atoms with E-state index in [1.807, 2.05) is 0 Å². The molecule has 0 radical (unpaired) electrons. The van der Waals surface area contributed by atoms with Gasteiger partial charge < -0.3 is 0 Å². The Morgan fingerprint density at radius 3 is 1.90 bits per heavy atom. The van der Waals surface area contributed by atoms with E-state index in [1.54, 1.807) is 5.16 Å². The molecule has 0 saturated carbocycles. The number of hydrogen-bond donors (Lipinski definition) is 0. The molecule has 1 rings (SSSR count). The molecule has 0 fully saturated rings. The molecule has 0 unspecified atom stereocenters. The van der Waals surface area contributed by atoms with Crippen molar-refractivity contribution in [2.75, 3.05) is 0 Å². The second-order valence-electron chi connectivity index (χ2n) is 3.70. The zero-order valence-corrected chi connectivity index (χ0v) is 10.5. The molecule has 0 N–H and O–H groups in total. The molecule has 0 spiro atoms. The number of aliphatic imine (C=N–C) groups is 1. The van der Waals surface area contributed by atoms with Crippen molar-refractivity contribution in [3.8, 4) is 6.07 Å². The van der Waals surface area contributed by atoms with E-state index >= 15 is 0 Å². The molecule has 0 aliphatic carbocycles. The highest BCUT2D eigenvalue weighted by molar-refractivity contribution is 7.78. The Labute approximate surface area is 118 Å². The SMILES string of the molecule is N#Cc1ccc(N=C=S)cc1C(F)(C(F)(F)F)C(F)(F)F. The van der Waals surface area contributed by atoms with Crippen LogP contribution in [0.1, 0.15) is 11.1 Å². The molecule has 10 heteroatoms. The first kappa shape index (κ1) is 17.1. The minimum atomic E-state index is -6.31. The lowest BCUT2D eigenvalue weighted by Gasteiger charge is -2.30. The molecule has 2 nitrogen and oxygen atoms in total. The first-order valence-corrected chi connectivity index (χ1v) is 5.34. The molecule has 0 saturated heterocycles. The minimum absolute atomic E-state index is 0.166. The molecule has 0 amide bonds. The van der Waals surface area contributed by atoms with Crippen LogP contribution in [0.2, 0.25) is 0 Å². The topological polar surface area (TPSA) is 36.1 Å². The Morgan fingerprint density at radius 1 is 1.00 bits per heavy atom. The van der Waals surface area contributed by atoms with Crippen LogP contribution in [0.3, 0.4) is 0 Å². The second-order valence-corrected chi connectivity index (χ2v) is 3.88. The molecule has 0 aliphatic heterocycles. The van der Waals surface area contributed by atoms with Crippen molar-refractivity contribution in [1.29, 1.82) is 5.26 Å². The number of halogens is 7. The van der Waals surface area contributed by atoms with Crippen molar-refractivity contribution in [3.63, 3.8) is 0 Å². The third-order valence-electron chi connectivity index (χ3n) is 2.45. The zero-order chi connectivity index (χ0) is 16.5. The van der Waals surface area contributed by atoms with Gasteiger partial charge in [0.15, 0.2) is 0 Å². The summed E-state index contributed by atoms with van der Waals surface area (Å²) in [7, 11) is 0. The number of rotatable bonds is 2. The maximum atomic E-state index is 13.9. The Hall–Kier alpha value is -1.98. The number of benzene rings is 1. The first-order chi connectivity index (χ1) is 9.49. The van der Waals surface area contributed by atoms with Gasteiger partial charge in [-0.2, -0.15) is 36.6 Å². The van der Waals surface area contributed by atoms with Gasteiger partial charge in [-0.3, -0.25) is 0 Å². The van der Waals surface area contributed by atoms with E-state index in [2.05, 4.69) is 17.2 Å². The summed E-state index contributed by atoms with van der Waals surface area (Å²) < 4.78 is 89.8. The summed E-state index contributed by atoms with van der Waals surface area (Å²) in [5.74, 6) is 0. The van der Waals surface area contributed by atoms with Gasteiger partial charge in [0.2, 0.25) is 0 Å². The highest BCUT2D eigenvalue weighted by Crippen LogP contribution is 2.54. The molecular weight excluding hydrogens is 325 g/mol. The molecule has 0 aromatic heterocycles. The molecule has 112 valence electrons. The van der Waals surface area contributed by atoms with Gasteiger partial charge in [0.05, 0.1) is 22.5 Å². The fourth-order valence-corrected chi connectivity index (χ4v) is 1.61. The number of nitriles is 1. The van der Waals surface area contributed by atoms with Gasteiger partial charge in [-0.15, -0.1) is 0 Å². The Balaban J connectivity index is 3.78. The van der Waals surface area contributed by atoms with Crippen LogP contribution in [-0.2, 0) is 5.67 Å². The monoisotopic (exact) mass is 328 g/mol. The predicted octanol–water partition coefficient (Wildman–Crippen LogP) is 4.58. The number of isothiocyanates is 1. The fraction of sp³-hybridized carbons (Fsp3) is 0.273. The third-order valence-corrected chi connectivity index (χ3v) is 2.54. The van der Waals surface area contributed by atoms with Gasteiger partial charge in [-0.05, 0) is 30.4 Å². The highest BCUT2D eigenvalue weighted by Gasteiger charge is 2.74. The van der Waals surface area contributed by atoms with Gasteiger partial charge in [0, 0.05) is 5.56 Å². The number of alkyl halides is 7. The number of hydrogen-bond acceptors (Lipinski definition) is 3. The van der Waals surface area contributed by atoms with E-state index in [0.717, 1.165) is 12.1 Å². The van der Waals surface area contributed by atoms with Gasteiger partial charge in [-0.25, -0.2) is 4.39 Å². The summed E-state index contributed by atoms with van der Waals surface area (Å²) >= 11 is 4.16. The van der Waals surface area contributed by atoms with Crippen LogP contribution in [-0.4, -0.2) is 17.5 Å². The maximum absolute atomic E-state index is 13.9. The van der Waals surface area contributed by atoms with Gasteiger partial charge in [0.25, 0.3) is 0 Å². The molecule has 0 atom stereocenters. The molecule has 0 aliphatic rings. The van der Waals surface area contributed by atoms with Crippen molar-refractivity contribution in [3.05, 3.63) is 29.3 Å². The Kier molecular flexibility index (Phi) is 4.41. The van der Waals surface area contributed by atoms with E-state index in [0.29, 0.717) is 6.07 Å². The van der Waals surface area contributed by atoms with Crippen molar-refractivity contribution in [2.24, 2.45) is 4.99 Å². The van der Waals surface area contributed by atoms with Gasteiger partial charge >= 0.3 is 18.0 Å². The van der Waals surface area contributed by atoms with Gasteiger partial charge in [-0.1, -0.05) is 0 Å². The fourth-order valence-electron chi connectivity index (χ4n) is 1.50. The van der Waals surface area contributed by atoms with Crippen LogP contribution < -0.4 is 0 Å². The summed E-state index contributed by atoms with van der Waals surface area (Å²) in [5, 5.41) is 10.3. The third kappa shape index (κ3) is 2.89. The molecule has 21 heavy (non-hydrogen) atoms. The van der Waals surface area contributed by atoms with Crippen molar-refractivity contribution in [1.82, 2.24) is 0 Å². The highest BCUT2D eigenvalue weighted by atomic mass is 32.1. The molecule has 1 aromatic carbocycles. The summed E-state index contributed by atoms with van der Waals surface area (Å²) in [4.78, 5) is 3.17. The van der Waals surface area contributed by atoms with E-state index in [1.165, 1.54) is 0 Å². The average Bonchev–Trinajstić information content (AvgIpc) is 2.35. The summed E-state index contributed by atoms with van der Waals surface area (Å²) in [6.45, 7) is 0. The van der Waals surface area contributed by atoms with Crippen molar-refractivity contribution in [2.45, 2.75) is 18.0 Å². The molecular formula is C11H3F7N2S. The van der Waals surface area contributed by atoms with Crippen LogP contribution in [0.5, 0.6) is 0 Å². The number of thiocarbonyl (C=S) groups is 1. The minimum Gasteiger partial charge on any atom is -0.218 e. The number of nitrogens with zero attached hydrogens (tertiary/aromatic N) is 2. The van der Waals surface area contributed by atoms with Crippen LogP contribution >= 0.6 is 12.2 Å². The lowest BCUT2D eigenvalue weighted by Crippen LogP contribution is -2.50. The van der Waals surface area contributed by atoms with E-state index in [9.17, 15) is 30.7 Å². The Morgan fingerprint density at radius 2 is 1.52 bits per heavy atom. The first-order valence-electron chi connectivity index (χ1n) is 4.94. The average molecular weight is 328 g/mol. The smallest absolute Gasteiger partial charge is 0.218 e. The van der Waals surface area contributed by atoms with Crippen LogP contribution in [0.4, 0.5) is 36.4 Å². The molecule has 0 heterocycles. The summed E-state index contributed by atoms with van der Waals surface area (Å²) in [5.41, 5.74) is -9.19. The lowest BCUT2D eigenvalue weighted by atomic mass is 9.90. The molecule has 1 aromatic rings. The lowest BCUT2D eigenvalue weighted by molar-refractivity contribution is -0.348. The van der Waals surface area contributed by atoms with Gasteiger partial charge in [0.1, 0.15) is 0 Å².